The van der Waals surface area contributed by atoms with Crippen LogP contribution in [0.1, 0.15) is 15.9 Å². The van der Waals surface area contributed by atoms with E-state index in [1.54, 1.807) is 6.92 Å². The largest absolute Gasteiger partial charge is 0.396 e. The van der Waals surface area contributed by atoms with Crippen LogP contribution in [0, 0.1) is 24.4 Å². The molecule has 2 rings (SSSR count). The zero-order chi connectivity index (χ0) is 14.9. The number of rotatable bonds is 2. The molecule has 0 saturated heterocycles. The Bertz CT molecular complexity index is 686. The van der Waals surface area contributed by atoms with Gasteiger partial charge in [-0.2, -0.15) is 0 Å². The van der Waals surface area contributed by atoms with Gasteiger partial charge in [0.05, 0.1) is 11.3 Å². The van der Waals surface area contributed by atoms with E-state index in [0.717, 1.165) is 12.1 Å². The maximum Gasteiger partial charge on any atom is 0.258 e. The summed E-state index contributed by atoms with van der Waals surface area (Å²) in [6.45, 7) is 1.57. The lowest BCUT2D eigenvalue weighted by molar-refractivity contribution is 0.102. The highest BCUT2D eigenvalue weighted by atomic mass is 19.1. The second-order valence-electron chi connectivity index (χ2n) is 4.27. The molecular formula is C14H11F3N2O. The van der Waals surface area contributed by atoms with Crippen molar-refractivity contribution in [2.75, 3.05) is 11.1 Å². The number of nitrogen functional groups attached to an aromatic ring is 1. The lowest BCUT2D eigenvalue weighted by Gasteiger charge is -2.08. The molecule has 3 N–H and O–H groups in total. The molecule has 0 radical (unpaired) electrons. The maximum absolute atomic E-state index is 13.5. The predicted molar refractivity (Wildman–Crippen MR) is 69.9 cm³/mol. The molecule has 0 aliphatic heterocycles. The fourth-order valence-electron chi connectivity index (χ4n) is 1.61. The Morgan fingerprint density at radius 1 is 1.05 bits per heavy atom. The Morgan fingerprint density at radius 3 is 2.40 bits per heavy atom. The molecule has 0 aromatic heterocycles. The van der Waals surface area contributed by atoms with Crippen molar-refractivity contribution in [1.82, 2.24) is 0 Å². The van der Waals surface area contributed by atoms with Crippen molar-refractivity contribution >= 4 is 17.3 Å². The second-order valence-corrected chi connectivity index (χ2v) is 4.27. The summed E-state index contributed by atoms with van der Waals surface area (Å²) >= 11 is 0. The molecule has 2 aromatic carbocycles. The van der Waals surface area contributed by atoms with Crippen LogP contribution in [0.4, 0.5) is 24.5 Å². The smallest absolute Gasteiger partial charge is 0.258 e. The number of carbonyl (C=O) groups excluding carboxylic acids is 1. The van der Waals surface area contributed by atoms with Gasteiger partial charge >= 0.3 is 0 Å². The van der Waals surface area contributed by atoms with Crippen LogP contribution in [0.2, 0.25) is 0 Å². The molecule has 0 aliphatic carbocycles. The molecule has 2 aromatic rings. The van der Waals surface area contributed by atoms with E-state index in [0.29, 0.717) is 11.6 Å². The van der Waals surface area contributed by atoms with Crippen LogP contribution in [-0.2, 0) is 0 Å². The number of hydrogen-bond acceptors (Lipinski definition) is 2. The fraction of sp³-hybridized carbons (Fsp3) is 0.0714. The van der Waals surface area contributed by atoms with Gasteiger partial charge in [0.15, 0.2) is 0 Å². The highest BCUT2D eigenvalue weighted by molar-refractivity contribution is 6.05. The van der Waals surface area contributed by atoms with E-state index in [4.69, 9.17) is 5.73 Å². The Labute approximate surface area is 113 Å². The average molecular weight is 280 g/mol. The molecule has 0 bridgehead atoms. The zero-order valence-corrected chi connectivity index (χ0v) is 10.5. The fourth-order valence-corrected chi connectivity index (χ4v) is 1.61. The molecule has 20 heavy (non-hydrogen) atoms. The summed E-state index contributed by atoms with van der Waals surface area (Å²) in [6.07, 6.45) is 0. The van der Waals surface area contributed by atoms with Gasteiger partial charge in [0.25, 0.3) is 5.91 Å². The Kier molecular flexibility index (Phi) is 3.65. The summed E-state index contributed by atoms with van der Waals surface area (Å²) in [7, 11) is 0. The van der Waals surface area contributed by atoms with Gasteiger partial charge < -0.3 is 11.1 Å². The second kappa shape index (κ2) is 5.24. The number of amides is 1. The average Bonchev–Trinajstić information content (AvgIpc) is 2.38. The number of benzene rings is 2. The monoisotopic (exact) mass is 280 g/mol. The Balaban J connectivity index is 2.28. The standard InChI is InChI=1S/C14H11F3N2O/c1-7-2-3-8(4-10(7)15)19-14(20)9-5-13(18)12(17)6-11(9)16/h2-6H,18H2,1H3,(H,19,20). The lowest BCUT2D eigenvalue weighted by atomic mass is 10.1. The number of nitrogens with one attached hydrogen (secondary N) is 1. The van der Waals surface area contributed by atoms with Gasteiger partial charge in [-0.3, -0.25) is 4.79 Å². The lowest BCUT2D eigenvalue weighted by Crippen LogP contribution is -2.15. The van der Waals surface area contributed by atoms with E-state index >= 15 is 0 Å². The predicted octanol–water partition coefficient (Wildman–Crippen LogP) is 3.25. The molecule has 3 nitrogen and oxygen atoms in total. The van der Waals surface area contributed by atoms with Crippen LogP contribution in [0.3, 0.4) is 0 Å². The number of halogens is 3. The van der Waals surface area contributed by atoms with Crippen molar-refractivity contribution in [2.24, 2.45) is 0 Å². The number of carbonyl (C=O) groups is 1. The minimum absolute atomic E-state index is 0.167. The van der Waals surface area contributed by atoms with Crippen molar-refractivity contribution in [1.29, 1.82) is 0 Å². The van der Waals surface area contributed by atoms with Crippen LogP contribution in [0.5, 0.6) is 0 Å². The molecule has 0 spiro atoms. The number of aryl methyl sites for hydroxylation is 1. The summed E-state index contributed by atoms with van der Waals surface area (Å²) in [4.78, 5) is 11.8. The summed E-state index contributed by atoms with van der Waals surface area (Å²) in [6, 6.07) is 5.48. The zero-order valence-electron chi connectivity index (χ0n) is 10.5. The number of hydrogen-bond donors (Lipinski definition) is 2. The molecule has 1 amide bonds. The number of nitrogens with two attached hydrogens (primary N) is 1. The third kappa shape index (κ3) is 2.74. The third-order valence-corrected chi connectivity index (χ3v) is 2.76. The van der Waals surface area contributed by atoms with Gasteiger partial charge in [-0.1, -0.05) is 6.07 Å². The number of anilines is 2. The molecule has 104 valence electrons. The topological polar surface area (TPSA) is 55.1 Å². The molecule has 0 fully saturated rings. The minimum atomic E-state index is -1.04. The highest BCUT2D eigenvalue weighted by Gasteiger charge is 2.15. The van der Waals surface area contributed by atoms with Gasteiger partial charge in [0.2, 0.25) is 0 Å². The quantitative estimate of drug-likeness (QED) is 0.830. The van der Waals surface area contributed by atoms with Crippen molar-refractivity contribution in [2.45, 2.75) is 6.92 Å². The third-order valence-electron chi connectivity index (χ3n) is 2.76. The molecular weight excluding hydrogens is 269 g/mol. The van der Waals surface area contributed by atoms with E-state index < -0.39 is 28.9 Å². The molecule has 0 heterocycles. The molecule has 0 atom stereocenters. The van der Waals surface area contributed by atoms with Crippen LogP contribution < -0.4 is 11.1 Å². The van der Waals surface area contributed by atoms with Crippen LogP contribution in [0.25, 0.3) is 0 Å². The maximum atomic E-state index is 13.5. The van der Waals surface area contributed by atoms with E-state index in [2.05, 4.69) is 5.32 Å². The van der Waals surface area contributed by atoms with E-state index in [9.17, 15) is 18.0 Å². The van der Waals surface area contributed by atoms with Gasteiger partial charge in [0.1, 0.15) is 17.5 Å². The summed E-state index contributed by atoms with van der Waals surface area (Å²) in [5.41, 5.74) is 5.11. The van der Waals surface area contributed by atoms with E-state index in [1.165, 1.54) is 12.1 Å². The van der Waals surface area contributed by atoms with Crippen molar-refractivity contribution in [3.8, 4) is 0 Å². The van der Waals surface area contributed by atoms with Gasteiger partial charge in [-0.15, -0.1) is 0 Å². The van der Waals surface area contributed by atoms with E-state index in [-0.39, 0.29) is 11.4 Å². The Morgan fingerprint density at radius 2 is 1.75 bits per heavy atom. The van der Waals surface area contributed by atoms with Crippen molar-refractivity contribution in [3.05, 3.63) is 58.9 Å². The van der Waals surface area contributed by atoms with Crippen molar-refractivity contribution < 1.29 is 18.0 Å². The Hall–Kier alpha value is -2.50. The first-order chi connectivity index (χ1) is 9.38. The van der Waals surface area contributed by atoms with E-state index in [1.807, 2.05) is 0 Å². The van der Waals surface area contributed by atoms with Crippen LogP contribution in [-0.4, -0.2) is 5.91 Å². The first kappa shape index (κ1) is 13.9. The molecule has 0 saturated carbocycles. The van der Waals surface area contributed by atoms with Crippen LogP contribution in [0.15, 0.2) is 30.3 Å². The summed E-state index contributed by atoms with van der Waals surface area (Å²) in [5.74, 6) is -3.32. The van der Waals surface area contributed by atoms with Crippen LogP contribution >= 0.6 is 0 Å². The SMILES string of the molecule is Cc1ccc(NC(=O)c2cc(N)c(F)cc2F)cc1F. The summed E-state index contributed by atoms with van der Waals surface area (Å²) in [5, 5.41) is 2.32. The van der Waals surface area contributed by atoms with Gasteiger partial charge in [-0.05, 0) is 30.7 Å². The molecule has 6 heteroatoms. The normalized spacial score (nSPS) is 10.4. The summed E-state index contributed by atoms with van der Waals surface area (Å²) < 4.78 is 39.8. The van der Waals surface area contributed by atoms with Gasteiger partial charge in [-0.25, -0.2) is 13.2 Å². The minimum Gasteiger partial charge on any atom is -0.396 e. The highest BCUT2D eigenvalue weighted by Crippen LogP contribution is 2.19. The first-order valence-electron chi connectivity index (χ1n) is 5.70. The molecule has 0 aliphatic rings. The van der Waals surface area contributed by atoms with Gasteiger partial charge in [0, 0.05) is 11.8 Å². The first-order valence-corrected chi connectivity index (χ1v) is 5.70. The molecule has 0 unspecified atom stereocenters. The van der Waals surface area contributed by atoms with Crippen molar-refractivity contribution in [3.63, 3.8) is 0 Å².